The van der Waals surface area contributed by atoms with Gasteiger partial charge < -0.3 is 10.6 Å². The SMILES string of the molecule is C[C@H](NC(=O)NC12CC3CC(CC(C3)C1)C2)c1cccnc1. The monoisotopic (exact) mass is 299 g/mol. The van der Waals surface area contributed by atoms with E-state index in [0.29, 0.717) is 0 Å². The summed E-state index contributed by atoms with van der Waals surface area (Å²) in [4.78, 5) is 16.6. The molecule has 4 aliphatic carbocycles. The van der Waals surface area contributed by atoms with Gasteiger partial charge in [0.1, 0.15) is 0 Å². The lowest BCUT2D eigenvalue weighted by molar-refractivity contribution is -0.0136. The number of carbonyl (C=O) groups excluding carboxylic acids is 1. The summed E-state index contributed by atoms with van der Waals surface area (Å²) in [5.74, 6) is 2.55. The summed E-state index contributed by atoms with van der Waals surface area (Å²) in [6, 6.07) is 3.88. The highest BCUT2D eigenvalue weighted by atomic mass is 16.2. The largest absolute Gasteiger partial charge is 0.333 e. The first-order valence-corrected chi connectivity index (χ1v) is 8.60. The Hall–Kier alpha value is -1.58. The molecule has 2 N–H and O–H groups in total. The van der Waals surface area contributed by atoms with Crippen molar-refractivity contribution in [1.29, 1.82) is 0 Å². The van der Waals surface area contributed by atoms with Crippen LogP contribution in [0.3, 0.4) is 0 Å². The lowest BCUT2D eigenvalue weighted by Crippen LogP contribution is -2.61. The Labute approximate surface area is 132 Å². The summed E-state index contributed by atoms with van der Waals surface area (Å²) < 4.78 is 0. The third-order valence-corrected chi connectivity index (χ3v) is 5.95. The predicted molar refractivity (Wildman–Crippen MR) is 85.2 cm³/mol. The molecule has 1 atom stereocenters. The van der Waals surface area contributed by atoms with Crippen molar-refractivity contribution in [2.75, 3.05) is 0 Å². The van der Waals surface area contributed by atoms with Gasteiger partial charge in [0, 0.05) is 17.9 Å². The van der Waals surface area contributed by atoms with Crippen LogP contribution in [0.1, 0.15) is 57.1 Å². The van der Waals surface area contributed by atoms with E-state index in [1.807, 2.05) is 25.3 Å². The lowest BCUT2D eigenvalue weighted by Gasteiger charge is -2.56. The average Bonchev–Trinajstić information content (AvgIpc) is 2.45. The fourth-order valence-corrected chi connectivity index (χ4v) is 5.45. The van der Waals surface area contributed by atoms with E-state index >= 15 is 0 Å². The molecule has 4 nitrogen and oxygen atoms in total. The van der Waals surface area contributed by atoms with Crippen LogP contribution in [0.25, 0.3) is 0 Å². The van der Waals surface area contributed by atoms with Gasteiger partial charge >= 0.3 is 6.03 Å². The first-order valence-electron chi connectivity index (χ1n) is 8.60. The summed E-state index contributed by atoms with van der Waals surface area (Å²) in [6.45, 7) is 2.01. The molecule has 22 heavy (non-hydrogen) atoms. The number of urea groups is 1. The standard InChI is InChI=1S/C18H25N3O/c1-12(16-3-2-4-19-11-16)20-17(22)21-18-8-13-5-14(9-18)7-15(6-13)10-18/h2-4,11-15H,5-10H2,1H3,(H2,20,21,22)/t12-,13?,14?,15?,18?/m0/s1. The Morgan fingerprint density at radius 3 is 2.41 bits per heavy atom. The maximum absolute atomic E-state index is 12.5. The molecule has 1 aromatic rings. The maximum Gasteiger partial charge on any atom is 0.315 e. The third kappa shape index (κ3) is 2.59. The fourth-order valence-electron chi connectivity index (χ4n) is 5.45. The van der Waals surface area contributed by atoms with Crippen LogP contribution in [0.4, 0.5) is 4.79 Å². The van der Waals surface area contributed by atoms with Gasteiger partial charge in [-0.2, -0.15) is 0 Å². The second-order valence-electron chi connectivity index (χ2n) is 7.80. The Morgan fingerprint density at radius 1 is 1.23 bits per heavy atom. The third-order valence-electron chi connectivity index (χ3n) is 5.95. The molecule has 0 aromatic carbocycles. The summed E-state index contributed by atoms with van der Waals surface area (Å²) in [5, 5.41) is 6.44. The highest BCUT2D eigenvalue weighted by Crippen LogP contribution is 2.55. The molecule has 4 aliphatic rings. The highest BCUT2D eigenvalue weighted by molar-refractivity contribution is 5.75. The molecular formula is C18H25N3O. The molecule has 4 bridgehead atoms. The molecule has 1 aromatic heterocycles. The van der Waals surface area contributed by atoms with Crippen molar-refractivity contribution >= 4 is 6.03 Å². The van der Waals surface area contributed by atoms with Gasteiger partial charge in [0.15, 0.2) is 0 Å². The smallest absolute Gasteiger partial charge is 0.315 e. The van der Waals surface area contributed by atoms with Crippen molar-refractivity contribution < 1.29 is 4.79 Å². The zero-order valence-electron chi connectivity index (χ0n) is 13.2. The first-order chi connectivity index (χ1) is 10.6. The van der Waals surface area contributed by atoms with Crippen molar-refractivity contribution in [3.63, 3.8) is 0 Å². The number of hydrogen-bond acceptors (Lipinski definition) is 2. The van der Waals surface area contributed by atoms with E-state index in [9.17, 15) is 4.79 Å². The molecule has 1 heterocycles. The summed E-state index contributed by atoms with van der Waals surface area (Å²) >= 11 is 0. The van der Waals surface area contributed by atoms with Crippen molar-refractivity contribution in [3.05, 3.63) is 30.1 Å². The van der Waals surface area contributed by atoms with E-state index < -0.39 is 0 Å². The van der Waals surface area contributed by atoms with Crippen LogP contribution in [-0.4, -0.2) is 16.6 Å². The van der Waals surface area contributed by atoms with E-state index in [0.717, 1.165) is 23.3 Å². The van der Waals surface area contributed by atoms with E-state index in [1.54, 1.807) is 6.20 Å². The van der Waals surface area contributed by atoms with Gasteiger partial charge in [0.2, 0.25) is 0 Å². The van der Waals surface area contributed by atoms with Crippen LogP contribution in [0.2, 0.25) is 0 Å². The Balaban J connectivity index is 1.40. The average molecular weight is 299 g/mol. The topological polar surface area (TPSA) is 54.0 Å². The number of pyridine rings is 1. The zero-order valence-corrected chi connectivity index (χ0v) is 13.2. The number of nitrogens with zero attached hydrogens (tertiary/aromatic N) is 1. The normalized spacial score (nSPS) is 36.9. The highest BCUT2D eigenvalue weighted by Gasteiger charge is 2.51. The maximum atomic E-state index is 12.5. The number of aromatic nitrogens is 1. The Kier molecular flexibility index (Phi) is 3.35. The van der Waals surface area contributed by atoms with Gasteiger partial charge in [-0.15, -0.1) is 0 Å². The van der Waals surface area contributed by atoms with Crippen LogP contribution in [-0.2, 0) is 0 Å². The van der Waals surface area contributed by atoms with Gasteiger partial charge in [-0.05, 0) is 74.8 Å². The van der Waals surface area contributed by atoms with E-state index in [4.69, 9.17) is 0 Å². The van der Waals surface area contributed by atoms with Gasteiger partial charge in [0.05, 0.1) is 6.04 Å². The van der Waals surface area contributed by atoms with Crippen molar-refractivity contribution in [3.8, 4) is 0 Å². The van der Waals surface area contributed by atoms with E-state index in [1.165, 1.54) is 38.5 Å². The molecule has 118 valence electrons. The zero-order chi connectivity index (χ0) is 15.2. The quantitative estimate of drug-likeness (QED) is 0.898. The van der Waals surface area contributed by atoms with Gasteiger partial charge in [-0.25, -0.2) is 4.79 Å². The van der Waals surface area contributed by atoms with Crippen molar-refractivity contribution in [2.45, 2.75) is 57.0 Å². The summed E-state index contributed by atoms with van der Waals surface area (Å²) in [7, 11) is 0. The first kappa shape index (κ1) is 14.0. The number of hydrogen-bond donors (Lipinski definition) is 2. The summed E-state index contributed by atoms with van der Waals surface area (Å²) in [5.41, 5.74) is 1.12. The molecule has 4 heteroatoms. The van der Waals surface area contributed by atoms with E-state index in [2.05, 4.69) is 15.6 Å². The number of nitrogens with one attached hydrogen (secondary N) is 2. The number of rotatable bonds is 3. The second-order valence-corrected chi connectivity index (χ2v) is 7.80. The van der Waals surface area contributed by atoms with Crippen LogP contribution in [0, 0.1) is 17.8 Å². The van der Waals surface area contributed by atoms with Crippen molar-refractivity contribution in [1.82, 2.24) is 15.6 Å². The van der Waals surface area contributed by atoms with Gasteiger partial charge in [0.25, 0.3) is 0 Å². The molecule has 4 saturated carbocycles. The van der Waals surface area contributed by atoms with Crippen molar-refractivity contribution in [2.24, 2.45) is 17.8 Å². The minimum atomic E-state index is -0.0155. The molecule has 2 amide bonds. The van der Waals surface area contributed by atoms with Crippen LogP contribution in [0.5, 0.6) is 0 Å². The molecule has 0 aliphatic heterocycles. The molecular weight excluding hydrogens is 274 g/mol. The Bertz CT molecular complexity index is 521. The molecule has 0 radical (unpaired) electrons. The molecule has 0 spiro atoms. The number of carbonyl (C=O) groups is 1. The fraction of sp³-hybridized carbons (Fsp3) is 0.667. The molecule has 0 unspecified atom stereocenters. The molecule has 4 fully saturated rings. The predicted octanol–water partition coefficient (Wildman–Crippen LogP) is 3.41. The van der Waals surface area contributed by atoms with Crippen LogP contribution < -0.4 is 10.6 Å². The van der Waals surface area contributed by atoms with Crippen LogP contribution in [0.15, 0.2) is 24.5 Å². The number of amides is 2. The Morgan fingerprint density at radius 2 is 1.86 bits per heavy atom. The minimum Gasteiger partial charge on any atom is -0.333 e. The van der Waals surface area contributed by atoms with Gasteiger partial charge in [-0.1, -0.05) is 6.07 Å². The minimum absolute atomic E-state index is 0.0115. The van der Waals surface area contributed by atoms with Gasteiger partial charge in [-0.3, -0.25) is 4.98 Å². The summed E-state index contributed by atoms with van der Waals surface area (Å²) in [6.07, 6.45) is 11.3. The molecule has 0 saturated heterocycles. The molecule has 5 rings (SSSR count). The second kappa shape index (κ2) is 5.25. The lowest BCUT2D eigenvalue weighted by atomic mass is 9.53. The van der Waals surface area contributed by atoms with E-state index in [-0.39, 0.29) is 17.6 Å². The van der Waals surface area contributed by atoms with Crippen LogP contribution >= 0.6 is 0 Å².